The lowest BCUT2D eigenvalue weighted by molar-refractivity contribution is 0.0523. The van der Waals surface area contributed by atoms with Crippen LogP contribution in [-0.4, -0.2) is 52.7 Å². The number of rotatable bonds is 3. The van der Waals surface area contributed by atoms with Crippen LogP contribution in [0.3, 0.4) is 0 Å². The van der Waals surface area contributed by atoms with Gasteiger partial charge >= 0.3 is 0 Å². The second-order valence-electron chi connectivity index (χ2n) is 10.1. The molecule has 0 aliphatic carbocycles. The molecule has 0 unspecified atom stereocenters. The minimum Gasteiger partial charge on any atom is -0.493 e. The molecule has 1 saturated heterocycles. The maximum absolute atomic E-state index is 13.4. The van der Waals surface area contributed by atoms with Crippen LogP contribution in [0.2, 0.25) is 0 Å². The van der Waals surface area contributed by atoms with Gasteiger partial charge in [-0.05, 0) is 62.1 Å². The van der Waals surface area contributed by atoms with E-state index >= 15 is 0 Å². The first-order chi connectivity index (χ1) is 16.4. The normalized spacial score (nSPS) is 19.1. The van der Waals surface area contributed by atoms with E-state index in [0.717, 1.165) is 44.2 Å². The number of nitrogens with zero attached hydrogens (tertiary/aromatic N) is 3. The molecule has 7 nitrogen and oxygen atoms in total. The van der Waals surface area contributed by atoms with E-state index in [1.807, 2.05) is 46.8 Å². The van der Waals surface area contributed by atoms with Gasteiger partial charge in [-0.15, -0.1) is 0 Å². The summed E-state index contributed by atoms with van der Waals surface area (Å²) in [5.41, 5.74) is 2.27. The zero-order valence-electron chi connectivity index (χ0n) is 20.8. The molecule has 0 radical (unpaired) electrons. The molecule has 1 spiro atoms. The predicted octanol–water partition coefficient (Wildman–Crippen LogP) is 4.63. The molecular weight excluding hydrogens is 428 g/mol. The van der Waals surface area contributed by atoms with E-state index in [9.17, 15) is 9.59 Å². The number of amides is 2. The number of aromatic nitrogens is 2. The third-order valence-corrected chi connectivity index (χ3v) is 7.39. The Kier molecular flexibility index (Phi) is 7.59. The Balaban J connectivity index is 1.45. The number of hydrogen-bond acceptors (Lipinski definition) is 4. The Morgan fingerprint density at radius 1 is 1.15 bits per heavy atom. The first kappa shape index (κ1) is 24.3. The van der Waals surface area contributed by atoms with Crippen molar-refractivity contribution in [1.29, 1.82) is 0 Å². The van der Waals surface area contributed by atoms with E-state index in [1.54, 1.807) is 0 Å². The summed E-state index contributed by atoms with van der Waals surface area (Å²) in [5, 5.41) is 7.81. The molecule has 2 aliphatic rings. The molecule has 2 aromatic rings. The zero-order valence-corrected chi connectivity index (χ0v) is 20.8. The van der Waals surface area contributed by atoms with Gasteiger partial charge < -0.3 is 15.0 Å². The van der Waals surface area contributed by atoms with Crippen LogP contribution in [0.1, 0.15) is 91.8 Å². The minimum atomic E-state index is -0.0814. The van der Waals surface area contributed by atoms with Gasteiger partial charge in [0.05, 0.1) is 17.9 Å². The molecule has 2 amide bonds. The number of hydrogen-bond donors (Lipinski definition) is 1. The molecule has 0 saturated carbocycles. The standard InChI is InChI=1S/C27H38N4O3/c1-4-31-23(18-22(29-31)20(2)3)26(33)30-15-13-27(14-16-30)12-8-5-9-17-34-24-11-7-6-10-21(24)25(32)28-19-27/h6-7,10-11,18,20H,4-5,8-9,12-17,19H2,1-3H3,(H,28,32). The van der Waals surface area contributed by atoms with E-state index in [0.29, 0.717) is 55.7 Å². The summed E-state index contributed by atoms with van der Waals surface area (Å²) in [4.78, 5) is 28.3. The topological polar surface area (TPSA) is 76.5 Å². The van der Waals surface area contributed by atoms with Crippen molar-refractivity contribution < 1.29 is 14.3 Å². The molecule has 1 fully saturated rings. The number of ether oxygens (including phenoxy) is 1. The van der Waals surface area contributed by atoms with Crippen LogP contribution in [0.5, 0.6) is 5.75 Å². The van der Waals surface area contributed by atoms with Crippen molar-refractivity contribution in [3.05, 3.63) is 47.3 Å². The first-order valence-electron chi connectivity index (χ1n) is 12.8. The molecule has 1 aromatic heterocycles. The smallest absolute Gasteiger partial charge is 0.272 e. The molecule has 1 N–H and O–H groups in total. The van der Waals surface area contributed by atoms with E-state index in [1.165, 1.54) is 0 Å². The average Bonchev–Trinajstić information content (AvgIpc) is 3.29. The lowest BCUT2D eigenvalue weighted by Gasteiger charge is -2.42. The fourth-order valence-electron chi connectivity index (χ4n) is 5.10. The van der Waals surface area contributed by atoms with E-state index in [2.05, 4.69) is 24.3 Å². The van der Waals surface area contributed by atoms with E-state index in [-0.39, 0.29) is 17.2 Å². The highest BCUT2D eigenvalue weighted by molar-refractivity contribution is 5.97. The number of likely N-dealkylation sites (tertiary alicyclic amines) is 1. The molecule has 0 atom stereocenters. The van der Waals surface area contributed by atoms with Gasteiger partial charge in [0, 0.05) is 26.2 Å². The van der Waals surface area contributed by atoms with Gasteiger partial charge in [0.2, 0.25) is 0 Å². The monoisotopic (exact) mass is 466 g/mol. The number of para-hydroxylation sites is 1. The van der Waals surface area contributed by atoms with Gasteiger partial charge in [-0.3, -0.25) is 14.3 Å². The van der Waals surface area contributed by atoms with Crippen LogP contribution in [0, 0.1) is 5.41 Å². The zero-order chi connectivity index (χ0) is 24.1. The Labute approximate surface area is 202 Å². The van der Waals surface area contributed by atoms with E-state index in [4.69, 9.17) is 4.74 Å². The lowest BCUT2D eigenvalue weighted by Crippen LogP contribution is -2.48. The van der Waals surface area contributed by atoms with Gasteiger partial charge in [0.25, 0.3) is 11.8 Å². The first-order valence-corrected chi connectivity index (χ1v) is 12.8. The molecule has 1 aromatic carbocycles. The third kappa shape index (κ3) is 5.29. The highest BCUT2D eigenvalue weighted by Crippen LogP contribution is 2.37. The van der Waals surface area contributed by atoms with Gasteiger partial charge in [-0.25, -0.2) is 0 Å². The molecular formula is C27H38N4O3. The molecule has 184 valence electrons. The van der Waals surface area contributed by atoms with Crippen molar-refractivity contribution in [3.63, 3.8) is 0 Å². The summed E-state index contributed by atoms with van der Waals surface area (Å²) in [6.45, 7) is 9.59. The fourth-order valence-corrected chi connectivity index (χ4v) is 5.10. The SMILES string of the molecule is CCn1nc(C(C)C)cc1C(=O)N1CCC2(CCCCCOc3ccccc3C(=O)NC2)CC1. The lowest BCUT2D eigenvalue weighted by atomic mass is 9.74. The minimum absolute atomic E-state index is 0.0233. The number of fused-ring (bicyclic) bond motifs is 1. The van der Waals surface area contributed by atoms with Gasteiger partial charge in [-0.2, -0.15) is 5.10 Å². The van der Waals surface area contributed by atoms with E-state index < -0.39 is 0 Å². The Hall–Kier alpha value is -2.83. The van der Waals surface area contributed by atoms with Crippen molar-refractivity contribution in [1.82, 2.24) is 20.0 Å². The van der Waals surface area contributed by atoms with Crippen molar-refractivity contribution >= 4 is 11.8 Å². The van der Waals surface area contributed by atoms with Crippen molar-refractivity contribution in [2.75, 3.05) is 26.2 Å². The van der Waals surface area contributed by atoms with Gasteiger partial charge in [0.15, 0.2) is 0 Å². The maximum atomic E-state index is 13.4. The number of benzene rings is 1. The number of carbonyl (C=O) groups is 2. The largest absolute Gasteiger partial charge is 0.493 e. The number of carbonyl (C=O) groups excluding carboxylic acids is 2. The van der Waals surface area contributed by atoms with Crippen molar-refractivity contribution in [3.8, 4) is 5.75 Å². The summed E-state index contributed by atoms with van der Waals surface area (Å²) in [7, 11) is 0. The Morgan fingerprint density at radius 2 is 1.91 bits per heavy atom. The fraction of sp³-hybridized carbons (Fsp3) is 0.593. The second kappa shape index (κ2) is 10.6. The molecule has 0 bridgehead atoms. The molecule has 3 heterocycles. The number of aryl methyl sites for hydroxylation is 1. The summed E-state index contributed by atoms with van der Waals surface area (Å²) in [5.74, 6) is 0.934. The molecule has 4 rings (SSSR count). The summed E-state index contributed by atoms with van der Waals surface area (Å²) in [6.07, 6.45) is 6.05. The number of piperidine rings is 1. The Bertz CT molecular complexity index is 1010. The van der Waals surface area contributed by atoms with Crippen LogP contribution >= 0.6 is 0 Å². The predicted molar refractivity (Wildman–Crippen MR) is 132 cm³/mol. The summed E-state index contributed by atoms with van der Waals surface area (Å²) in [6, 6.07) is 9.43. The van der Waals surface area contributed by atoms with Crippen LogP contribution in [0.15, 0.2) is 30.3 Å². The van der Waals surface area contributed by atoms with Gasteiger partial charge in [0.1, 0.15) is 11.4 Å². The third-order valence-electron chi connectivity index (χ3n) is 7.39. The van der Waals surface area contributed by atoms with Gasteiger partial charge in [-0.1, -0.05) is 38.8 Å². The maximum Gasteiger partial charge on any atom is 0.272 e. The number of nitrogens with one attached hydrogen (secondary N) is 1. The summed E-state index contributed by atoms with van der Waals surface area (Å²) < 4.78 is 7.70. The quantitative estimate of drug-likeness (QED) is 0.715. The van der Waals surface area contributed by atoms with Crippen LogP contribution in [0.25, 0.3) is 0 Å². The molecule has 34 heavy (non-hydrogen) atoms. The van der Waals surface area contributed by atoms with Crippen LogP contribution in [-0.2, 0) is 6.54 Å². The summed E-state index contributed by atoms with van der Waals surface area (Å²) >= 11 is 0. The molecule has 2 aliphatic heterocycles. The van der Waals surface area contributed by atoms with Crippen LogP contribution < -0.4 is 10.1 Å². The highest BCUT2D eigenvalue weighted by atomic mass is 16.5. The van der Waals surface area contributed by atoms with Crippen molar-refractivity contribution in [2.45, 2.75) is 71.8 Å². The highest BCUT2D eigenvalue weighted by Gasteiger charge is 2.37. The van der Waals surface area contributed by atoms with Crippen LogP contribution in [0.4, 0.5) is 0 Å². The molecule has 7 heteroatoms. The van der Waals surface area contributed by atoms with Crippen molar-refractivity contribution in [2.24, 2.45) is 5.41 Å². The average molecular weight is 467 g/mol. The Morgan fingerprint density at radius 3 is 2.65 bits per heavy atom. The second-order valence-corrected chi connectivity index (χ2v) is 10.1.